The molecule has 1 aliphatic rings. The highest BCUT2D eigenvalue weighted by molar-refractivity contribution is 5.98. The second-order valence-corrected chi connectivity index (χ2v) is 5.85. The molecule has 1 aromatic carbocycles. The van der Waals surface area contributed by atoms with E-state index in [9.17, 15) is 0 Å². The number of rotatable bonds is 6. The van der Waals surface area contributed by atoms with Crippen LogP contribution in [0.5, 0.6) is 5.75 Å². The number of anilines is 1. The zero-order valence-electron chi connectivity index (χ0n) is 14.7. The number of hydrogen-bond donors (Lipinski definition) is 1. The first-order valence-corrected chi connectivity index (χ1v) is 8.46. The summed E-state index contributed by atoms with van der Waals surface area (Å²) in [5, 5.41) is 4.44. The summed E-state index contributed by atoms with van der Waals surface area (Å²) in [6.07, 6.45) is 1.87. The highest BCUT2D eigenvalue weighted by Crippen LogP contribution is 2.17. The topological polar surface area (TPSA) is 59.0 Å². The van der Waals surface area contributed by atoms with Crippen LogP contribution in [0.15, 0.2) is 47.7 Å². The Balaban J connectivity index is 1.60. The summed E-state index contributed by atoms with van der Waals surface area (Å²) in [6, 6.07) is 12.0. The molecule has 0 atom stereocenters. The molecule has 0 unspecified atom stereocenters. The highest BCUT2D eigenvalue weighted by atomic mass is 16.5. The number of methoxy groups -OCH3 is 1. The van der Waals surface area contributed by atoms with Gasteiger partial charge in [-0.15, -0.1) is 0 Å². The number of nitrogens with zero attached hydrogens (tertiary/aromatic N) is 3. The predicted molar refractivity (Wildman–Crippen MR) is 99.3 cm³/mol. The molecular weight excluding hydrogens is 316 g/mol. The van der Waals surface area contributed by atoms with Crippen LogP contribution in [0, 0.1) is 0 Å². The molecule has 1 saturated heterocycles. The standard InChI is InChI=1S/C19H24N4O2/c1-15(22-21-14-17-5-3-4-6-18(17)24-2)16-7-8-19(20-13-16)23-9-11-25-12-10-23/h3-8,13,21H,9-12,14H2,1-2H3/b22-15+. The Morgan fingerprint density at radius 1 is 1.24 bits per heavy atom. The van der Waals surface area contributed by atoms with E-state index in [0.29, 0.717) is 6.54 Å². The molecule has 1 N–H and O–H groups in total. The van der Waals surface area contributed by atoms with Crippen LogP contribution in [0.1, 0.15) is 18.1 Å². The number of pyridine rings is 1. The molecule has 0 bridgehead atoms. The molecule has 0 amide bonds. The van der Waals surface area contributed by atoms with Crippen molar-refractivity contribution < 1.29 is 9.47 Å². The van der Waals surface area contributed by atoms with Gasteiger partial charge in [0.25, 0.3) is 0 Å². The van der Waals surface area contributed by atoms with Gasteiger partial charge < -0.3 is 19.8 Å². The maximum Gasteiger partial charge on any atom is 0.128 e. The SMILES string of the molecule is COc1ccccc1CN/N=C(\C)c1ccc(N2CCOCC2)nc1. The Morgan fingerprint density at radius 2 is 2.04 bits per heavy atom. The minimum Gasteiger partial charge on any atom is -0.496 e. The number of hydrazone groups is 1. The summed E-state index contributed by atoms with van der Waals surface area (Å²) >= 11 is 0. The maximum atomic E-state index is 5.37. The van der Waals surface area contributed by atoms with Gasteiger partial charge in [0, 0.05) is 30.4 Å². The van der Waals surface area contributed by atoms with E-state index in [2.05, 4.69) is 26.5 Å². The first-order chi connectivity index (χ1) is 12.3. The molecule has 0 aliphatic carbocycles. The van der Waals surface area contributed by atoms with Crippen molar-refractivity contribution >= 4 is 11.5 Å². The molecular formula is C19H24N4O2. The quantitative estimate of drug-likeness (QED) is 0.646. The summed E-state index contributed by atoms with van der Waals surface area (Å²) < 4.78 is 10.7. The Morgan fingerprint density at radius 3 is 2.76 bits per heavy atom. The molecule has 6 nitrogen and oxygen atoms in total. The molecule has 1 aliphatic heterocycles. The van der Waals surface area contributed by atoms with E-state index in [1.807, 2.05) is 43.5 Å². The van der Waals surface area contributed by atoms with Gasteiger partial charge in [0.2, 0.25) is 0 Å². The Labute approximate surface area is 148 Å². The second-order valence-electron chi connectivity index (χ2n) is 5.85. The molecule has 3 rings (SSSR count). The zero-order chi connectivity index (χ0) is 17.5. The van der Waals surface area contributed by atoms with E-state index >= 15 is 0 Å². The van der Waals surface area contributed by atoms with Crippen molar-refractivity contribution in [3.05, 3.63) is 53.7 Å². The average Bonchev–Trinajstić information content (AvgIpc) is 2.69. The molecule has 0 radical (unpaired) electrons. The molecule has 132 valence electrons. The lowest BCUT2D eigenvalue weighted by Crippen LogP contribution is -2.36. The molecule has 1 aromatic heterocycles. The predicted octanol–water partition coefficient (Wildman–Crippen LogP) is 2.44. The smallest absolute Gasteiger partial charge is 0.128 e. The van der Waals surface area contributed by atoms with Gasteiger partial charge in [0.1, 0.15) is 11.6 Å². The fourth-order valence-electron chi connectivity index (χ4n) is 2.74. The molecule has 6 heteroatoms. The molecule has 0 saturated carbocycles. The van der Waals surface area contributed by atoms with Crippen molar-refractivity contribution in [2.24, 2.45) is 5.10 Å². The van der Waals surface area contributed by atoms with Crippen LogP contribution in [0.4, 0.5) is 5.82 Å². The van der Waals surface area contributed by atoms with Crippen LogP contribution in [-0.2, 0) is 11.3 Å². The Hall–Kier alpha value is -2.60. The first-order valence-electron chi connectivity index (χ1n) is 8.46. The van der Waals surface area contributed by atoms with Gasteiger partial charge in [0.05, 0.1) is 32.6 Å². The van der Waals surface area contributed by atoms with Crippen LogP contribution in [0.25, 0.3) is 0 Å². The van der Waals surface area contributed by atoms with Crippen LogP contribution < -0.4 is 15.1 Å². The van der Waals surface area contributed by atoms with E-state index in [0.717, 1.165) is 54.7 Å². The van der Waals surface area contributed by atoms with Gasteiger partial charge in [-0.3, -0.25) is 0 Å². The minimum absolute atomic E-state index is 0.612. The van der Waals surface area contributed by atoms with Crippen LogP contribution in [0.3, 0.4) is 0 Å². The number of benzene rings is 1. The summed E-state index contributed by atoms with van der Waals surface area (Å²) in [5.41, 5.74) is 6.08. The van der Waals surface area contributed by atoms with Gasteiger partial charge in [-0.2, -0.15) is 5.10 Å². The van der Waals surface area contributed by atoms with Crippen molar-refractivity contribution in [2.45, 2.75) is 13.5 Å². The number of nitrogens with one attached hydrogen (secondary N) is 1. The van der Waals surface area contributed by atoms with E-state index in [1.165, 1.54) is 0 Å². The molecule has 1 fully saturated rings. The van der Waals surface area contributed by atoms with E-state index in [1.54, 1.807) is 7.11 Å². The molecule has 2 aromatic rings. The second kappa shape index (κ2) is 8.48. The number of aromatic nitrogens is 1. The van der Waals surface area contributed by atoms with Crippen LogP contribution in [-0.4, -0.2) is 44.1 Å². The number of ether oxygens (including phenoxy) is 2. The van der Waals surface area contributed by atoms with Gasteiger partial charge in [0.15, 0.2) is 0 Å². The van der Waals surface area contributed by atoms with E-state index in [-0.39, 0.29) is 0 Å². The summed E-state index contributed by atoms with van der Waals surface area (Å²) in [5.74, 6) is 1.85. The van der Waals surface area contributed by atoms with Gasteiger partial charge in [-0.1, -0.05) is 18.2 Å². The fraction of sp³-hybridized carbons (Fsp3) is 0.368. The lowest BCUT2D eigenvalue weighted by Gasteiger charge is -2.27. The summed E-state index contributed by atoms with van der Waals surface area (Å²) in [6.45, 7) is 5.88. The van der Waals surface area contributed by atoms with Crippen molar-refractivity contribution in [3.8, 4) is 5.75 Å². The normalized spacial score (nSPS) is 15.1. The largest absolute Gasteiger partial charge is 0.496 e. The first kappa shape index (κ1) is 17.2. The van der Waals surface area contributed by atoms with Gasteiger partial charge >= 0.3 is 0 Å². The van der Waals surface area contributed by atoms with E-state index < -0.39 is 0 Å². The third kappa shape index (κ3) is 4.48. The third-order valence-corrected chi connectivity index (χ3v) is 4.21. The van der Waals surface area contributed by atoms with Crippen LogP contribution >= 0.6 is 0 Å². The molecule has 2 heterocycles. The van der Waals surface area contributed by atoms with Gasteiger partial charge in [-0.05, 0) is 25.1 Å². The molecule has 0 spiro atoms. The summed E-state index contributed by atoms with van der Waals surface area (Å²) in [4.78, 5) is 6.79. The monoisotopic (exact) mass is 340 g/mol. The van der Waals surface area contributed by atoms with Crippen molar-refractivity contribution in [1.29, 1.82) is 0 Å². The fourth-order valence-corrected chi connectivity index (χ4v) is 2.74. The van der Waals surface area contributed by atoms with Crippen molar-refractivity contribution in [2.75, 3.05) is 38.3 Å². The van der Waals surface area contributed by atoms with E-state index in [4.69, 9.17) is 9.47 Å². The number of para-hydroxylation sites is 1. The summed E-state index contributed by atoms with van der Waals surface area (Å²) in [7, 11) is 1.68. The molecule has 25 heavy (non-hydrogen) atoms. The lowest BCUT2D eigenvalue weighted by molar-refractivity contribution is 0.122. The average molecular weight is 340 g/mol. The maximum absolute atomic E-state index is 5.37. The minimum atomic E-state index is 0.612. The Kier molecular flexibility index (Phi) is 5.85. The lowest BCUT2D eigenvalue weighted by atomic mass is 10.2. The third-order valence-electron chi connectivity index (χ3n) is 4.21. The number of morpholine rings is 1. The van der Waals surface area contributed by atoms with Gasteiger partial charge in [-0.25, -0.2) is 4.98 Å². The van der Waals surface area contributed by atoms with Crippen molar-refractivity contribution in [3.63, 3.8) is 0 Å². The zero-order valence-corrected chi connectivity index (χ0v) is 14.7. The highest BCUT2D eigenvalue weighted by Gasteiger charge is 2.12. The van der Waals surface area contributed by atoms with Crippen LogP contribution in [0.2, 0.25) is 0 Å². The van der Waals surface area contributed by atoms with Crippen molar-refractivity contribution in [1.82, 2.24) is 10.4 Å². The Bertz CT molecular complexity index is 710. The number of hydrogen-bond acceptors (Lipinski definition) is 6.